The Morgan fingerprint density at radius 1 is 1.21 bits per heavy atom. The zero-order valence-corrected chi connectivity index (χ0v) is 9.77. The summed E-state index contributed by atoms with van der Waals surface area (Å²) in [5.41, 5.74) is 0. The fourth-order valence-corrected chi connectivity index (χ4v) is 2.78. The van der Waals surface area contributed by atoms with E-state index in [9.17, 15) is 14.2 Å². The molecule has 0 aromatic heterocycles. The molecule has 4 N–H and O–H groups in total. The van der Waals surface area contributed by atoms with Crippen LogP contribution in [0.2, 0.25) is 0 Å². The van der Waals surface area contributed by atoms with Crippen LogP contribution in [-0.4, -0.2) is 31.0 Å². The Labute approximate surface area is 81.4 Å². The monoisotopic (exact) mass is 248 g/mol. The van der Waals surface area contributed by atoms with Gasteiger partial charge in [0.1, 0.15) is 0 Å². The van der Waals surface area contributed by atoms with Crippen molar-refractivity contribution in [1.82, 2.24) is 0 Å². The van der Waals surface area contributed by atoms with Crippen LogP contribution in [0.3, 0.4) is 0 Å². The number of hydrogen-bond acceptors (Lipinski definition) is 4. The molecule has 0 rings (SSSR count). The van der Waals surface area contributed by atoms with Crippen molar-refractivity contribution in [1.29, 1.82) is 0 Å². The van der Waals surface area contributed by atoms with E-state index >= 15 is 0 Å². The summed E-state index contributed by atoms with van der Waals surface area (Å²) < 4.78 is 26.4. The molecular weight excluding hydrogens is 234 g/mol. The van der Waals surface area contributed by atoms with Crippen LogP contribution in [0.4, 0.5) is 0 Å². The first-order valence-corrected chi connectivity index (χ1v) is 6.90. The molecule has 2 unspecified atom stereocenters. The largest absolute Gasteiger partial charge is 0.371 e. The van der Waals surface area contributed by atoms with E-state index in [1.165, 1.54) is 13.8 Å². The zero-order chi connectivity index (χ0) is 11.8. The third kappa shape index (κ3) is 2.87. The Hall–Kier alpha value is 0.260. The van der Waals surface area contributed by atoms with E-state index < -0.39 is 26.4 Å². The number of aliphatic hydroxyl groups is 1. The summed E-state index contributed by atoms with van der Waals surface area (Å²) >= 11 is 0. The molecule has 0 heterocycles. The van der Waals surface area contributed by atoms with Gasteiger partial charge in [-0.05, 0) is 20.8 Å². The minimum atomic E-state index is -5.13. The molecule has 0 saturated carbocycles. The fraction of sp³-hybridized carbons (Fsp3) is 1.00. The molecule has 0 aliphatic rings. The van der Waals surface area contributed by atoms with Crippen molar-refractivity contribution in [3.8, 4) is 0 Å². The third-order valence-corrected chi connectivity index (χ3v) is 5.86. The first-order valence-electron chi connectivity index (χ1n) is 3.71. The summed E-state index contributed by atoms with van der Waals surface area (Å²) in [5, 5.41) is 6.15. The number of rotatable bonds is 4. The van der Waals surface area contributed by atoms with E-state index in [1.807, 2.05) is 0 Å². The van der Waals surface area contributed by atoms with Crippen molar-refractivity contribution < 1.29 is 33.4 Å². The highest BCUT2D eigenvalue weighted by Crippen LogP contribution is 2.69. The van der Waals surface area contributed by atoms with Gasteiger partial charge in [0.05, 0.1) is 6.10 Å². The molecule has 0 saturated heterocycles. The molecule has 0 aromatic rings. The van der Waals surface area contributed by atoms with Crippen molar-refractivity contribution in [2.45, 2.75) is 32.0 Å². The van der Waals surface area contributed by atoms with Gasteiger partial charge in [-0.2, -0.15) is 0 Å². The van der Waals surface area contributed by atoms with Gasteiger partial charge in [-0.1, -0.05) is 0 Å². The normalized spacial score (nSPS) is 21.7. The summed E-state index contributed by atoms with van der Waals surface area (Å²) in [7, 11) is -9.91. The lowest BCUT2D eigenvalue weighted by atomic mass is 10.5. The van der Waals surface area contributed by atoms with Gasteiger partial charge in [0.25, 0.3) is 5.08 Å². The van der Waals surface area contributed by atoms with Gasteiger partial charge in [-0.3, -0.25) is 9.13 Å². The van der Waals surface area contributed by atoms with Crippen molar-refractivity contribution in [3.05, 3.63) is 0 Å². The summed E-state index contributed by atoms with van der Waals surface area (Å²) in [5.74, 6) is 0. The SMILES string of the molecule is CC(C)OP(=O)(O)C(C)(O)P(=O)(O)O. The zero-order valence-electron chi connectivity index (χ0n) is 7.99. The molecule has 7 nitrogen and oxygen atoms in total. The fourth-order valence-electron chi connectivity index (χ4n) is 0.550. The van der Waals surface area contributed by atoms with Crippen LogP contribution >= 0.6 is 15.2 Å². The van der Waals surface area contributed by atoms with Crippen LogP contribution in [0, 0.1) is 0 Å². The topological polar surface area (TPSA) is 124 Å². The van der Waals surface area contributed by atoms with E-state index in [-0.39, 0.29) is 0 Å². The molecule has 2 atom stereocenters. The van der Waals surface area contributed by atoms with Crippen molar-refractivity contribution in [3.63, 3.8) is 0 Å². The summed E-state index contributed by atoms with van der Waals surface area (Å²) in [6.07, 6.45) is -0.733. The summed E-state index contributed by atoms with van der Waals surface area (Å²) in [6.45, 7) is 3.37. The second-order valence-electron chi connectivity index (χ2n) is 3.19. The predicted molar refractivity (Wildman–Crippen MR) is 48.7 cm³/mol. The van der Waals surface area contributed by atoms with E-state index in [4.69, 9.17) is 14.7 Å². The molecule has 0 fully saturated rings. The first kappa shape index (κ1) is 14.3. The molecule has 0 spiro atoms. The molecule has 0 aromatic carbocycles. The summed E-state index contributed by atoms with van der Waals surface area (Å²) in [4.78, 5) is 26.4. The lowest BCUT2D eigenvalue weighted by molar-refractivity contribution is 0.113. The van der Waals surface area contributed by atoms with Crippen LogP contribution in [-0.2, 0) is 13.7 Å². The average molecular weight is 248 g/mol. The van der Waals surface area contributed by atoms with Crippen molar-refractivity contribution in [2.75, 3.05) is 0 Å². The Morgan fingerprint density at radius 2 is 1.57 bits per heavy atom. The predicted octanol–water partition coefficient (Wildman–Crippen LogP) is 0.440. The minimum Gasteiger partial charge on any atom is -0.368 e. The Morgan fingerprint density at radius 3 is 1.79 bits per heavy atom. The van der Waals surface area contributed by atoms with Crippen LogP contribution in [0.25, 0.3) is 0 Å². The molecule has 86 valence electrons. The molecular formula is C5H14O7P2. The van der Waals surface area contributed by atoms with E-state index in [2.05, 4.69) is 4.52 Å². The van der Waals surface area contributed by atoms with Crippen molar-refractivity contribution >= 4 is 15.2 Å². The standard InChI is InChI=1S/C5H14O7P2/c1-4(2)12-14(10,11)5(3,6)13(7,8)9/h4,6H,1-3H3,(H,10,11)(H2,7,8,9). The van der Waals surface area contributed by atoms with Crippen LogP contribution in [0.5, 0.6) is 0 Å². The van der Waals surface area contributed by atoms with Gasteiger partial charge in [-0.25, -0.2) is 0 Å². The molecule has 14 heavy (non-hydrogen) atoms. The van der Waals surface area contributed by atoms with Crippen LogP contribution < -0.4 is 0 Å². The molecule has 0 radical (unpaired) electrons. The maximum Gasteiger partial charge on any atom is 0.371 e. The highest BCUT2D eigenvalue weighted by atomic mass is 31.2. The van der Waals surface area contributed by atoms with Gasteiger partial charge < -0.3 is 24.3 Å². The van der Waals surface area contributed by atoms with Gasteiger partial charge in [-0.15, -0.1) is 0 Å². The Kier molecular flexibility index (Phi) is 4.10. The molecule has 0 aliphatic carbocycles. The molecule has 0 aliphatic heterocycles. The van der Waals surface area contributed by atoms with Gasteiger partial charge >= 0.3 is 15.2 Å². The Bertz CT molecular complexity index is 290. The quantitative estimate of drug-likeness (QED) is 0.532. The second-order valence-corrected chi connectivity index (χ2v) is 7.62. The number of hydrogen-bond donors (Lipinski definition) is 4. The Balaban J connectivity index is 5.09. The molecule has 0 bridgehead atoms. The summed E-state index contributed by atoms with van der Waals surface area (Å²) in [6, 6.07) is 0. The minimum absolute atomic E-state index is 0.566. The highest BCUT2D eigenvalue weighted by Gasteiger charge is 2.57. The maximum atomic E-state index is 11.3. The highest BCUT2D eigenvalue weighted by molar-refractivity contribution is 7.72. The van der Waals surface area contributed by atoms with E-state index in [1.54, 1.807) is 0 Å². The smallest absolute Gasteiger partial charge is 0.368 e. The van der Waals surface area contributed by atoms with Gasteiger partial charge in [0, 0.05) is 0 Å². The van der Waals surface area contributed by atoms with Crippen molar-refractivity contribution in [2.24, 2.45) is 0 Å². The molecule has 9 heteroatoms. The lowest BCUT2D eigenvalue weighted by Gasteiger charge is -2.29. The molecule has 0 amide bonds. The van der Waals surface area contributed by atoms with E-state index in [0.717, 1.165) is 0 Å². The first-order chi connectivity index (χ1) is 5.92. The van der Waals surface area contributed by atoms with Gasteiger partial charge in [0.2, 0.25) is 0 Å². The van der Waals surface area contributed by atoms with Crippen LogP contribution in [0.1, 0.15) is 20.8 Å². The van der Waals surface area contributed by atoms with E-state index in [0.29, 0.717) is 6.92 Å². The second kappa shape index (κ2) is 4.02. The van der Waals surface area contributed by atoms with Gasteiger partial charge in [0.15, 0.2) is 0 Å². The lowest BCUT2D eigenvalue weighted by Crippen LogP contribution is -2.26. The maximum absolute atomic E-state index is 11.3. The third-order valence-electron chi connectivity index (χ3n) is 1.44. The average Bonchev–Trinajstić information content (AvgIpc) is 1.80. The van der Waals surface area contributed by atoms with Crippen LogP contribution in [0.15, 0.2) is 0 Å².